The van der Waals surface area contributed by atoms with Gasteiger partial charge in [0.25, 0.3) is 0 Å². The number of hydrogen-bond acceptors (Lipinski definition) is 5. The van der Waals surface area contributed by atoms with Crippen LogP contribution in [0.15, 0.2) is 18.5 Å². The molecular formula is C11H18N2O3S. The van der Waals surface area contributed by atoms with E-state index < -0.39 is 9.84 Å². The molecule has 1 N–H and O–H groups in total. The smallest absolute Gasteiger partial charge is 0.149 e. The van der Waals surface area contributed by atoms with Gasteiger partial charge < -0.3 is 10.1 Å². The summed E-state index contributed by atoms with van der Waals surface area (Å²) in [6.45, 7) is 2.44. The van der Waals surface area contributed by atoms with Gasteiger partial charge in [-0.1, -0.05) is 0 Å². The Morgan fingerprint density at radius 3 is 2.71 bits per heavy atom. The van der Waals surface area contributed by atoms with Crippen LogP contribution in [0, 0.1) is 0 Å². The second-order valence-corrected chi connectivity index (χ2v) is 6.01. The molecule has 0 radical (unpaired) electrons. The van der Waals surface area contributed by atoms with Crippen LogP contribution in [0.2, 0.25) is 0 Å². The van der Waals surface area contributed by atoms with Crippen molar-refractivity contribution in [1.29, 1.82) is 0 Å². The largest absolute Gasteiger partial charge is 0.492 e. The van der Waals surface area contributed by atoms with E-state index in [-0.39, 0.29) is 11.8 Å². The highest BCUT2D eigenvalue weighted by molar-refractivity contribution is 7.90. The van der Waals surface area contributed by atoms with Crippen molar-refractivity contribution in [2.75, 3.05) is 25.7 Å². The molecule has 0 saturated carbocycles. The molecule has 0 fully saturated rings. The number of nitrogens with zero attached hydrogens (tertiary/aromatic N) is 1. The summed E-state index contributed by atoms with van der Waals surface area (Å²) in [5.74, 6) is 0.694. The van der Waals surface area contributed by atoms with E-state index in [0.29, 0.717) is 12.4 Å². The van der Waals surface area contributed by atoms with Crippen LogP contribution in [0.25, 0.3) is 0 Å². The molecule has 17 heavy (non-hydrogen) atoms. The molecule has 5 nitrogen and oxygen atoms in total. The molecule has 0 saturated heterocycles. The Hall–Kier alpha value is -1.14. The molecule has 0 aliphatic heterocycles. The summed E-state index contributed by atoms with van der Waals surface area (Å²) in [7, 11) is -1.31. The van der Waals surface area contributed by atoms with Crippen molar-refractivity contribution in [1.82, 2.24) is 10.3 Å². The molecule has 1 aromatic rings. The molecular weight excluding hydrogens is 240 g/mol. The first-order chi connectivity index (χ1) is 7.96. The first kappa shape index (κ1) is 13.9. The summed E-state index contributed by atoms with van der Waals surface area (Å²) in [5.41, 5.74) is 0.809. The van der Waals surface area contributed by atoms with E-state index in [1.807, 2.05) is 13.0 Å². The number of nitrogens with one attached hydrogen (secondary N) is 1. The summed E-state index contributed by atoms with van der Waals surface area (Å²) in [6.07, 6.45) is 4.48. The average molecular weight is 258 g/mol. The number of sulfone groups is 1. The lowest BCUT2D eigenvalue weighted by Gasteiger charge is -2.15. The van der Waals surface area contributed by atoms with Crippen molar-refractivity contribution in [2.24, 2.45) is 0 Å². The van der Waals surface area contributed by atoms with Crippen molar-refractivity contribution in [3.8, 4) is 5.75 Å². The third-order valence-electron chi connectivity index (χ3n) is 2.27. The van der Waals surface area contributed by atoms with Gasteiger partial charge in [-0.25, -0.2) is 8.42 Å². The SMILES string of the molecule is CCOc1cncc(C(CS(C)(=O)=O)NC)c1. The highest BCUT2D eigenvalue weighted by atomic mass is 32.2. The molecule has 0 aromatic carbocycles. The van der Waals surface area contributed by atoms with Crippen molar-refractivity contribution in [3.05, 3.63) is 24.0 Å². The predicted molar refractivity (Wildman–Crippen MR) is 66.9 cm³/mol. The maximum Gasteiger partial charge on any atom is 0.149 e. The summed E-state index contributed by atoms with van der Waals surface area (Å²) >= 11 is 0. The summed E-state index contributed by atoms with van der Waals surface area (Å²) in [6, 6.07) is 1.54. The molecule has 0 aliphatic rings. The van der Waals surface area contributed by atoms with Crippen LogP contribution in [0.4, 0.5) is 0 Å². The van der Waals surface area contributed by atoms with Crippen LogP contribution >= 0.6 is 0 Å². The molecule has 1 heterocycles. The van der Waals surface area contributed by atoms with Crippen LogP contribution in [-0.2, 0) is 9.84 Å². The van der Waals surface area contributed by atoms with E-state index in [2.05, 4.69) is 10.3 Å². The fraction of sp³-hybridized carbons (Fsp3) is 0.545. The predicted octanol–water partition coefficient (Wildman–Crippen LogP) is 0.785. The van der Waals surface area contributed by atoms with Crippen LogP contribution in [0.1, 0.15) is 18.5 Å². The van der Waals surface area contributed by atoms with E-state index in [0.717, 1.165) is 5.56 Å². The normalized spacial score (nSPS) is 13.4. The Balaban J connectivity index is 2.91. The van der Waals surface area contributed by atoms with Gasteiger partial charge in [0.1, 0.15) is 15.6 Å². The van der Waals surface area contributed by atoms with Crippen molar-refractivity contribution < 1.29 is 13.2 Å². The number of pyridine rings is 1. The fourth-order valence-corrected chi connectivity index (χ4v) is 2.49. The Bertz CT molecular complexity index is 460. The maximum absolute atomic E-state index is 11.3. The zero-order valence-electron chi connectivity index (χ0n) is 10.3. The monoisotopic (exact) mass is 258 g/mol. The number of ether oxygens (including phenoxy) is 1. The van der Waals surface area contributed by atoms with Gasteiger partial charge in [-0.3, -0.25) is 4.98 Å². The summed E-state index contributed by atoms with van der Waals surface area (Å²) in [4.78, 5) is 4.04. The average Bonchev–Trinajstić information content (AvgIpc) is 2.25. The van der Waals surface area contributed by atoms with Crippen LogP contribution < -0.4 is 10.1 Å². The van der Waals surface area contributed by atoms with E-state index >= 15 is 0 Å². The maximum atomic E-state index is 11.3. The van der Waals surface area contributed by atoms with Crippen molar-refractivity contribution >= 4 is 9.84 Å². The third kappa shape index (κ3) is 4.70. The Morgan fingerprint density at radius 2 is 2.18 bits per heavy atom. The zero-order chi connectivity index (χ0) is 12.9. The molecule has 6 heteroatoms. The van der Waals surface area contributed by atoms with E-state index in [1.54, 1.807) is 19.4 Å². The van der Waals surface area contributed by atoms with Crippen LogP contribution in [0.3, 0.4) is 0 Å². The summed E-state index contributed by atoms with van der Waals surface area (Å²) in [5, 5.41) is 2.97. The topological polar surface area (TPSA) is 68.3 Å². The van der Waals surface area contributed by atoms with E-state index in [4.69, 9.17) is 4.74 Å². The lowest BCUT2D eigenvalue weighted by atomic mass is 10.1. The number of aromatic nitrogens is 1. The molecule has 1 unspecified atom stereocenters. The fourth-order valence-electron chi connectivity index (χ4n) is 1.52. The Labute approximate surface area is 102 Å². The molecule has 1 rings (SSSR count). The van der Waals surface area contributed by atoms with Gasteiger partial charge >= 0.3 is 0 Å². The van der Waals surface area contributed by atoms with Gasteiger partial charge in [0.2, 0.25) is 0 Å². The minimum atomic E-state index is -3.04. The van der Waals surface area contributed by atoms with Gasteiger partial charge in [-0.15, -0.1) is 0 Å². The minimum absolute atomic E-state index is 0.0424. The lowest BCUT2D eigenvalue weighted by Crippen LogP contribution is -2.24. The second kappa shape index (κ2) is 5.97. The highest BCUT2D eigenvalue weighted by Crippen LogP contribution is 2.18. The Kier molecular flexibility index (Phi) is 4.89. The van der Waals surface area contributed by atoms with Crippen molar-refractivity contribution in [2.45, 2.75) is 13.0 Å². The first-order valence-corrected chi connectivity index (χ1v) is 7.45. The second-order valence-electron chi connectivity index (χ2n) is 3.82. The molecule has 1 aromatic heterocycles. The minimum Gasteiger partial charge on any atom is -0.492 e. The van der Waals surface area contributed by atoms with Crippen LogP contribution in [-0.4, -0.2) is 39.1 Å². The van der Waals surface area contributed by atoms with E-state index in [1.165, 1.54) is 6.26 Å². The summed E-state index contributed by atoms with van der Waals surface area (Å²) < 4.78 is 27.9. The first-order valence-electron chi connectivity index (χ1n) is 5.39. The molecule has 1 atom stereocenters. The molecule has 0 bridgehead atoms. The molecule has 96 valence electrons. The zero-order valence-corrected chi connectivity index (χ0v) is 11.1. The van der Waals surface area contributed by atoms with Gasteiger partial charge in [0.15, 0.2) is 0 Å². The lowest BCUT2D eigenvalue weighted by molar-refractivity contribution is 0.338. The van der Waals surface area contributed by atoms with Crippen LogP contribution in [0.5, 0.6) is 5.75 Å². The third-order valence-corrected chi connectivity index (χ3v) is 3.20. The quantitative estimate of drug-likeness (QED) is 0.817. The van der Waals surface area contributed by atoms with Gasteiger partial charge in [0.05, 0.1) is 18.6 Å². The van der Waals surface area contributed by atoms with Crippen molar-refractivity contribution in [3.63, 3.8) is 0 Å². The highest BCUT2D eigenvalue weighted by Gasteiger charge is 2.16. The standard InChI is InChI=1S/C11H18N2O3S/c1-4-16-10-5-9(6-13-7-10)11(12-2)8-17(3,14)15/h5-7,11-12H,4,8H2,1-3H3. The molecule has 0 spiro atoms. The Morgan fingerprint density at radius 1 is 1.47 bits per heavy atom. The molecule has 0 aliphatic carbocycles. The number of hydrogen-bond donors (Lipinski definition) is 1. The van der Waals surface area contributed by atoms with Gasteiger partial charge in [-0.2, -0.15) is 0 Å². The van der Waals surface area contributed by atoms with Gasteiger partial charge in [-0.05, 0) is 25.6 Å². The molecule has 0 amide bonds. The van der Waals surface area contributed by atoms with Gasteiger partial charge in [0, 0.05) is 18.5 Å². The van der Waals surface area contributed by atoms with E-state index in [9.17, 15) is 8.42 Å². The number of rotatable bonds is 6.